The summed E-state index contributed by atoms with van der Waals surface area (Å²) in [5, 5.41) is 7.28. The monoisotopic (exact) mass is 398 g/mol. The molecule has 1 aromatic carbocycles. The Kier molecular flexibility index (Phi) is 5.71. The van der Waals surface area contributed by atoms with Crippen molar-refractivity contribution in [3.8, 4) is 0 Å². The molecule has 1 aromatic heterocycles. The van der Waals surface area contributed by atoms with E-state index in [4.69, 9.17) is 0 Å². The molecule has 9 heteroatoms. The number of urea groups is 1. The Balaban J connectivity index is 1.58. The number of carbonyl (C=O) groups excluding carboxylic acids is 1. The fourth-order valence-electron chi connectivity index (χ4n) is 2.91. The predicted molar refractivity (Wildman–Crippen MR) is 100 cm³/mol. The van der Waals surface area contributed by atoms with E-state index < -0.39 is 17.8 Å². The molecule has 0 bridgehead atoms. The first kappa shape index (κ1) is 19.6. The van der Waals surface area contributed by atoms with Crippen LogP contribution < -0.4 is 10.6 Å². The molecule has 27 heavy (non-hydrogen) atoms. The molecular formula is C18H21F3N4OS. The summed E-state index contributed by atoms with van der Waals surface area (Å²) in [5.41, 5.74) is 0.274. The first-order valence-corrected chi connectivity index (χ1v) is 9.51. The van der Waals surface area contributed by atoms with E-state index in [-0.39, 0.29) is 11.3 Å². The highest BCUT2D eigenvalue weighted by Gasteiger charge is 2.32. The highest BCUT2D eigenvalue weighted by atomic mass is 32.1. The summed E-state index contributed by atoms with van der Waals surface area (Å²) < 4.78 is 38.9. The van der Waals surface area contributed by atoms with E-state index in [1.807, 2.05) is 5.38 Å². The summed E-state index contributed by atoms with van der Waals surface area (Å²) in [7, 11) is 2.05. The molecule has 1 saturated carbocycles. The summed E-state index contributed by atoms with van der Waals surface area (Å²) in [6.07, 6.45) is -0.807. The predicted octanol–water partition coefficient (Wildman–Crippen LogP) is 5.10. The third-order valence-electron chi connectivity index (χ3n) is 4.68. The minimum Gasteiger partial charge on any atom is -0.308 e. The van der Waals surface area contributed by atoms with Gasteiger partial charge in [0.1, 0.15) is 0 Å². The SMILES string of the molecule is Cc1ccc(NC(=O)Nc2nc(CN(C)C3CCC3)cs2)cc1C(F)(F)F. The zero-order valence-corrected chi connectivity index (χ0v) is 15.9. The minimum atomic E-state index is -4.46. The maximum absolute atomic E-state index is 13.0. The quantitative estimate of drug-likeness (QED) is 0.737. The molecule has 0 aliphatic heterocycles. The maximum atomic E-state index is 13.0. The number of hydrogen-bond acceptors (Lipinski definition) is 4. The molecule has 0 spiro atoms. The molecule has 5 nitrogen and oxygen atoms in total. The Hall–Kier alpha value is -2.13. The number of hydrogen-bond donors (Lipinski definition) is 2. The molecule has 1 heterocycles. The Morgan fingerprint density at radius 1 is 1.33 bits per heavy atom. The summed E-state index contributed by atoms with van der Waals surface area (Å²) in [6.45, 7) is 2.09. The zero-order chi connectivity index (χ0) is 19.6. The van der Waals surface area contributed by atoms with Crippen molar-refractivity contribution in [3.05, 3.63) is 40.4 Å². The van der Waals surface area contributed by atoms with Crippen molar-refractivity contribution in [1.82, 2.24) is 9.88 Å². The number of halogens is 3. The number of aromatic nitrogens is 1. The third-order valence-corrected chi connectivity index (χ3v) is 5.49. The van der Waals surface area contributed by atoms with Crippen LogP contribution in [0.15, 0.2) is 23.6 Å². The molecule has 1 fully saturated rings. The average molecular weight is 398 g/mol. The third kappa shape index (κ3) is 4.98. The largest absolute Gasteiger partial charge is 0.416 e. The van der Waals surface area contributed by atoms with Crippen LogP contribution in [0.25, 0.3) is 0 Å². The van der Waals surface area contributed by atoms with Crippen molar-refractivity contribution < 1.29 is 18.0 Å². The van der Waals surface area contributed by atoms with Crippen LogP contribution in [-0.2, 0) is 12.7 Å². The molecule has 1 aliphatic rings. The Morgan fingerprint density at radius 3 is 2.70 bits per heavy atom. The molecule has 0 atom stereocenters. The molecule has 0 unspecified atom stereocenters. The Bertz CT molecular complexity index is 817. The Labute approximate surface area is 159 Å². The van der Waals surface area contributed by atoms with E-state index in [1.54, 1.807) is 0 Å². The van der Waals surface area contributed by atoms with Crippen LogP contribution in [0.5, 0.6) is 0 Å². The average Bonchev–Trinajstić information content (AvgIpc) is 2.93. The fourth-order valence-corrected chi connectivity index (χ4v) is 3.61. The lowest BCUT2D eigenvalue weighted by Gasteiger charge is -2.34. The number of carbonyl (C=O) groups is 1. The lowest BCUT2D eigenvalue weighted by Crippen LogP contribution is -2.36. The van der Waals surface area contributed by atoms with Crippen LogP contribution >= 0.6 is 11.3 Å². The van der Waals surface area contributed by atoms with Crippen LogP contribution in [0, 0.1) is 6.92 Å². The summed E-state index contributed by atoms with van der Waals surface area (Å²) >= 11 is 1.29. The van der Waals surface area contributed by atoms with Crippen LogP contribution in [0.3, 0.4) is 0 Å². The van der Waals surface area contributed by atoms with Crippen LogP contribution in [0.2, 0.25) is 0 Å². The first-order chi connectivity index (χ1) is 12.7. The number of nitrogens with zero attached hydrogens (tertiary/aromatic N) is 2. The van der Waals surface area contributed by atoms with Crippen LogP contribution in [0.4, 0.5) is 28.8 Å². The summed E-state index contributed by atoms with van der Waals surface area (Å²) in [6, 6.07) is 3.66. The topological polar surface area (TPSA) is 57.3 Å². The van der Waals surface area contributed by atoms with E-state index in [9.17, 15) is 18.0 Å². The number of aryl methyl sites for hydroxylation is 1. The number of thiazole rings is 1. The van der Waals surface area contributed by atoms with E-state index in [0.29, 0.717) is 17.7 Å². The van der Waals surface area contributed by atoms with Crippen LogP contribution in [-0.4, -0.2) is 29.0 Å². The smallest absolute Gasteiger partial charge is 0.308 e. The van der Waals surface area contributed by atoms with Gasteiger partial charge in [-0.3, -0.25) is 10.2 Å². The maximum Gasteiger partial charge on any atom is 0.416 e. The van der Waals surface area contributed by atoms with Gasteiger partial charge in [0.25, 0.3) is 0 Å². The van der Waals surface area contributed by atoms with E-state index in [1.165, 1.54) is 49.7 Å². The van der Waals surface area contributed by atoms with Gasteiger partial charge in [0.05, 0.1) is 11.3 Å². The molecule has 3 rings (SSSR count). The number of rotatable bonds is 5. The number of amides is 2. The van der Waals surface area contributed by atoms with E-state index in [2.05, 4.69) is 27.6 Å². The standard InChI is InChI=1S/C18H21F3N4OS/c1-11-6-7-12(8-15(11)18(19,20)21)22-16(26)24-17-23-13(10-27-17)9-25(2)14-4-3-5-14/h6-8,10,14H,3-5,9H2,1-2H3,(H2,22,23,24,26). The lowest BCUT2D eigenvalue weighted by molar-refractivity contribution is -0.138. The van der Waals surface area contributed by atoms with Gasteiger partial charge in [-0.1, -0.05) is 12.5 Å². The summed E-state index contributed by atoms with van der Waals surface area (Å²) in [4.78, 5) is 18.7. The molecule has 1 aliphatic carbocycles. The van der Waals surface area contributed by atoms with Crippen molar-refractivity contribution in [2.75, 3.05) is 17.7 Å². The molecule has 146 valence electrons. The molecule has 2 aromatic rings. The van der Waals surface area contributed by atoms with Crippen LogP contribution in [0.1, 0.15) is 36.1 Å². The van der Waals surface area contributed by atoms with Crippen molar-refractivity contribution >= 4 is 28.2 Å². The van der Waals surface area contributed by atoms with Gasteiger partial charge in [-0.05, 0) is 44.5 Å². The number of nitrogens with one attached hydrogen (secondary N) is 2. The van der Waals surface area contributed by atoms with Gasteiger partial charge in [-0.15, -0.1) is 11.3 Å². The van der Waals surface area contributed by atoms with Gasteiger partial charge in [0, 0.05) is 23.7 Å². The molecule has 0 radical (unpaired) electrons. The normalized spacial score (nSPS) is 14.9. The van der Waals surface area contributed by atoms with Crippen molar-refractivity contribution in [1.29, 1.82) is 0 Å². The number of anilines is 2. The lowest BCUT2D eigenvalue weighted by atomic mass is 9.92. The molecule has 0 saturated heterocycles. The number of alkyl halides is 3. The molecule has 2 amide bonds. The second-order valence-corrected chi connectivity index (χ2v) is 7.61. The minimum absolute atomic E-state index is 0.0759. The molecular weight excluding hydrogens is 377 g/mol. The van der Waals surface area contributed by atoms with Crippen molar-refractivity contribution in [2.24, 2.45) is 0 Å². The van der Waals surface area contributed by atoms with Gasteiger partial charge in [-0.25, -0.2) is 9.78 Å². The first-order valence-electron chi connectivity index (χ1n) is 8.63. The highest BCUT2D eigenvalue weighted by molar-refractivity contribution is 7.13. The highest BCUT2D eigenvalue weighted by Crippen LogP contribution is 2.33. The van der Waals surface area contributed by atoms with E-state index in [0.717, 1.165) is 11.8 Å². The number of benzene rings is 1. The zero-order valence-electron chi connectivity index (χ0n) is 15.1. The fraction of sp³-hybridized carbons (Fsp3) is 0.444. The van der Waals surface area contributed by atoms with Gasteiger partial charge >= 0.3 is 12.2 Å². The van der Waals surface area contributed by atoms with Crippen molar-refractivity contribution in [3.63, 3.8) is 0 Å². The van der Waals surface area contributed by atoms with Crippen molar-refractivity contribution in [2.45, 2.75) is 44.9 Å². The van der Waals surface area contributed by atoms with Gasteiger partial charge in [-0.2, -0.15) is 13.2 Å². The molecule has 2 N–H and O–H groups in total. The Morgan fingerprint density at radius 2 is 2.07 bits per heavy atom. The second-order valence-electron chi connectivity index (χ2n) is 6.75. The van der Waals surface area contributed by atoms with Gasteiger partial charge in [0.15, 0.2) is 5.13 Å². The summed E-state index contributed by atoms with van der Waals surface area (Å²) in [5.74, 6) is 0. The van der Waals surface area contributed by atoms with Gasteiger partial charge in [0.2, 0.25) is 0 Å². The van der Waals surface area contributed by atoms with Gasteiger partial charge < -0.3 is 5.32 Å². The van der Waals surface area contributed by atoms with E-state index >= 15 is 0 Å². The second kappa shape index (κ2) is 7.85.